The first-order valence-electron chi connectivity index (χ1n) is 14.4. The minimum absolute atomic E-state index is 0.205. The molecule has 2 aromatic carbocycles. The minimum Gasteiger partial charge on any atom is -0.459 e. The highest BCUT2D eigenvalue weighted by molar-refractivity contribution is 7.89. The van der Waals surface area contributed by atoms with Gasteiger partial charge >= 0.3 is 6.09 Å². The second kappa shape index (κ2) is 11.4. The molecule has 3 heterocycles. The highest BCUT2D eigenvalue weighted by Crippen LogP contribution is 2.52. The van der Waals surface area contributed by atoms with Crippen molar-refractivity contribution in [2.75, 3.05) is 26.2 Å². The van der Waals surface area contributed by atoms with Crippen LogP contribution in [0.2, 0.25) is 0 Å². The van der Waals surface area contributed by atoms with Crippen LogP contribution in [0, 0.1) is 18.6 Å². The number of furan rings is 1. The number of hydrogen-bond acceptors (Lipinski definition) is 6. The summed E-state index contributed by atoms with van der Waals surface area (Å²) in [6.45, 7) is 2.65. The Morgan fingerprint density at radius 3 is 2.35 bits per heavy atom. The Labute approximate surface area is 249 Å². The molecule has 2 atom stereocenters. The predicted molar refractivity (Wildman–Crippen MR) is 152 cm³/mol. The molecule has 43 heavy (non-hydrogen) atoms. The number of amides is 2. The lowest BCUT2D eigenvalue weighted by Gasteiger charge is -2.45. The molecule has 0 radical (unpaired) electrons. The lowest BCUT2D eigenvalue weighted by molar-refractivity contribution is -0.0136. The zero-order valence-electron chi connectivity index (χ0n) is 23.7. The number of piperidine rings is 1. The number of rotatable bonds is 6. The number of carbonyl (C=O) groups excluding carboxylic acids is 2. The Bertz CT molecular complexity index is 1620. The molecule has 1 aromatic heterocycles. The highest BCUT2D eigenvalue weighted by Gasteiger charge is 2.60. The first-order valence-corrected chi connectivity index (χ1v) is 15.9. The van der Waals surface area contributed by atoms with Crippen molar-refractivity contribution in [3.05, 3.63) is 89.4 Å². The van der Waals surface area contributed by atoms with E-state index >= 15 is 0 Å². The van der Waals surface area contributed by atoms with Gasteiger partial charge in [0.25, 0.3) is 5.91 Å². The molecule has 1 saturated carbocycles. The molecule has 228 valence electrons. The first kappa shape index (κ1) is 29.3. The van der Waals surface area contributed by atoms with Crippen LogP contribution >= 0.6 is 0 Å². The van der Waals surface area contributed by atoms with E-state index in [0.717, 1.165) is 6.07 Å². The van der Waals surface area contributed by atoms with Gasteiger partial charge in [0.05, 0.1) is 23.2 Å². The van der Waals surface area contributed by atoms with E-state index in [-0.39, 0.29) is 29.7 Å². The van der Waals surface area contributed by atoms with Crippen LogP contribution in [0.1, 0.15) is 59.8 Å². The van der Waals surface area contributed by atoms with Crippen molar-refractivity contribution in [2.24, 2.45) is 0 Å². The molecule has 2 amide bonds. The number of nitrogens with zero attached hydrogens (tertiary/aromatic N) is 3. The van der Waals surface area contributed by atoms with Crippen LogP contribution in [-0.2, 0) is 14.8 Å². The van der Waals surface area contributed by atoms with Gasteiger partial charge in [-0.1, -0.05) is 18.2 Å². The number of hydrogen-bond donors (Lipinski definition) is 0. The number of aryl methyl sites for hydroxylation is 1. The molecule has 0 bridgehead atoms. The molecule has 9 nitrogen and oxygen atoms in total. The van der Waals surface area contributed by atoms with E-state index in [1.165, 1.54) is 45.8 Å². The van der Waals surface area contributed by atoms with Gasteiger partial charge in [-0.05, 0) is 86.6 Å². The van der Waals surface area contributed by atoms with Gasteiger partial charge in [0.15, 0.2) is 5.76 Å². The van der Waals surface area contributed by atoms with Crippen LogP contribution < -0.4 is 0 Å². The summed E-state index contributed by atoms with van der Waals surface area (Å²) in [6, 6.07) is 11.4. The van der Waals surface area contributed by atoms with E-state index < -0.39 is 45.4 Å². The molecule has 0 N–H and O–H groups in total. The number of benzene rings is 2. The van der Waals surface area contributed by atoms with Gasteiger partial charge in [0.1, 0.15) is 17.2 Å². The van der Waals surface area contributed by atoms with E-state index in [9.17, 15) is 26.8 Å². The van der Waals surface area contributed by atoms with Crippen LogP contribution in [0.25, 0.3) is 0 Å². The van der Waals surface area contributed by atoms with Crippen LogP contribution in [0.5, 0.6) is 0 Å². The standard InChI is InChI=1S/C31H33F2N3O6S/c1-21-10-11-24(20-25(21)33)43(39,40)36-26(22-5-2-6-23(32)19-22)7-3-9-28(36)31(12-13-31)42-30(38)35-16-14-34(15-17-35)29(37)27-8-4-18-41-27/h2,4-6,8,10-11,18-20,26,28H,3,7,9,12-17H2,1H3/t26-,28+/m0/s1. The van der Waals surface area contributed by atoms with Crippen molar-refractivity contribution in [1.82, 2.24) is 14.1 Å². The van der Waals surface area contributed by atoms with E-state index in [2.05, 4.69) is 0 Å². The molecule has 3 aliphatic rings. The summed E-state index contributed by atoms with van der Waals surface area (Å²) in [5.41, 5.74) is -0.268. The van der Waals surface area contributed by atoms with Crippen LogP contribution in [0.3, 0.4) is 0 Å². The monoisotopic (exact) mass is 613 g/mol. The molecule has 1 aliphatic carbocycles. The van der Waals surface area contributed by atoms with Crippen molar-refractivity contribution >= 4 is 22.0 Å². The van der Waals surface area contributed by atoms with Crippen molar-refractivity contribution < 1.29 is 35.9 Å². The molecule has 3 fully saturated rings. The summed E-state index contributed by atoms with van der Waals surface area (Å²) < 4.78 is 70.1. The highest BCUT2D eigenvalue weighted by atomic mass is 32.2. The van der Waals surface area contributed by atoms with Crippen molar-refractivity contribution in [3.8, 4) is 0 Å². The van der Waals surface area contributed by atoms with E-state index in [4.69, 9.17) is 9.15 Å². The second-order valence-electron chi connectivity index (χ2n) is 11.5. The number of carbonyl (C=O) groups is 2. The topological polar surface area (TPSA) is 100 Å². The number of piperazine rings is 1. The Balaban J connectivity index is 1.25. The molecular weight excluding hydrogens is 580 g/mol. The maximum absolute atomic E-state index is 14.6. The fourth-order valence-electron chi connectivity index (χ4n) is 6.20. The second-order valence-corrected chi connectivity index (χ2v) is 13.3. The minimum atomic E-state index is -4.29. The summed E-state index contributed by atoms with van der Waals surface area (Å²) in [5, 5.41) is 0. The third-order valence-electron chi connectivity index (χ3n) is 8.72. The third-order valence-corrected chi connectivity index (χ3v) is 10.6. The zero-order chi connectivity index (χ0) is 30.4. The smallest absolute Gasteiger partial charge is 0.410 e. The molecule has 2 saturated heterocycles. The van der Waals surface area contributed by atoms with Crippen molar-refractivity contribution in [2.45, 2.75) is 61.6 Å². The molecule has 2 aliphatic heterocycles. The van der Waals surface area contributed by atoms with Crippen LogP contribution in [-0.4, -0.2) is 72.3 Å². The van der Waals surface area contributed by atoms with Crippen LogP contribution in [0.4, 0.5) is 13.6 Å². The fourth-order valence-corrected chi connectivity index (χ4v) is 8.13. The Hall–Kier alpha value is -3.77. The molecule has 6 rings (SSSR count). The van der Waals surface area contributed by atoms with E-state index in [0.29, 0.717) is 56.3 Å². The summed E-state index contributed by atoms with van der Waals surface area (Å²) in [7, 11) is -4.29. The zero-order valence-corrected chi connectivity index (χ0v) is 24.6. The lowest BCUT2D eigenvalue weighted by atomic mass is 9.90. The SMILES string of the molecule is Cc1ccc(S(=O)(=O)N2[C@H](c3cccc(F)c3)CCC[C@@H]2C2(OC(=O)N3CCN(C(=O)c4ccco4)CC3)CC2)cc1F. The normalized spacial score (nSPS) is 22.3. The summed E-state index contributed by atoms with van der Waals surface area (Å²) >= 11 is 0. The van der Waals surface area contributed by atoms with Gasteiger partial charge in [-0.2, -0.15) is 4.31 Å². The van der Waals surface area contributed by atoms with E-state index in [1.807, 2.05) is 0 Å². The predicted octanol–water partition coefficient (Wildman–Crippen LogP) is 5.28. The fraction of sp³-hybridized carbons (Fsp3) is 0.419. The quantitative estimate of drug-likeness (QED) is 0.375. The molecule has 0 unspecified atom stereocenters. The van der Waals surface area contributed by atoms with Crippen LogP contribution in [0.15, 0.2) is 70.2 Å². The molecule has 12 heteroatoms. The van der Waals surface area contributed by atoms with E-state index in [1.54, 1.807) is 30.0 Å². The molecule has 0 spiro atoms. The van der Waals surface area contributed by atoms with Gasteiger partial charge < -0.3 is 19.0 Å². The maximum Gasteiger partial charge on any atom is 0.410 e. The summed E-state index contributed by atoms with van der Waals surface area (Å²) in [4.78, 5) is 29.0. The first-order chi connectivity index (χ1) is 20.6. The van der Waals surface area contributed by atoms with Gasteiger partial charge in [-0.3, -0.25) is 4.79 Å². The largest absolute Gasteiger partial charge is 0.459 e. The van der Waals surface area contributed by atoms with Crippen molar-refractivity contribution in [3.63, 3.8) is 0 Å². The maximum atomic E-state index is 14.6. The third kappa shape index (κ3) is 5.65. The Morgan fingerprint density at radius 1 is 0.953 bits per heavy atom. The number of ether oxygens (including phenoxy) is 1. The number of sulfonamides is 1. The lowest BCUT2D eigenvalue weighted by Crippen LogP contribution is -2.55. The summed E-state index contributed by atoms with van der Waals surface area (Å²) in [6.07, 6.45) is 3.27. The number of halogens is 2. The van der Waals surface area contributed by atoms with Gasteiger partial charge in [0, 0.05) is 26.2 Å². The van der Waals surface area contributed by atoms with Crippen molar-refractivity contribution in [1.29, 1.82) is 0 Å². The van der Waals surface area contributed by atoms with Gasteiger partial charge in [0.2, 0.25) is 10.0 Å². The molecule has 3 aromatic rings. The Kier molecular flexibility index (Phi) is 7.76. The Morgan fingerprint density at radius 2 is 1.70 bits per heavy atom. The summed E-state index contributed by atoms with van der Waals surface area (Å²) in [5.74, 6) is -1.16. The average Bonchev–Trinajstić information content (AvgIpc) is 3.57. The van der Waals surface area contributed by atoms with Gasteiger partial charge in [-0.25, -0.2) is 22.0 Å². The average molecular weight is 614 g/mol. The molecular formula is C31H33F2N3O6S. The van der Waals surface area contributed by atoms with Gasteiger partial charge in [-0.15, -0.1) is 0 Å².